The van der Waals surface area contributed by atoms with E-state index < -0.39 is 21.4 Å². The van der Waals surface area contributed by atoms with Crippen LogP contribution < -0.4 is 0 Å². The molecule has 0 spiro atoms. The number of aliphatic hydroxyl groups is 1. The Morgan fingerprint density at radius 1 is 1.33 bits per heavy atom. The fourth-order valence-corrected chi connectivity index (χ4v) is 3.99. The van der Waals surface area contributed by atoms with Crippen LogP contribution in [0.4, 0.5) is 4.39 Å². The first-order chi connectivity index (χ1) is 8.42. The van der Waals surface area contributed by atoms with Crippen molar-refractivity contribution in [1.82, 2.24) is 4.31 Å². The Morgan fingerprint density at radius 2 is 2.00 bits per heavy atom. The van der Waals surface area contributed by atoms with Crippen LogP contribution in [0.5, 0.6) is 0 Å². The molecule has 1 saturated carbocycles. The van der Waals surface area contributed by atoms with Gasteiger partial charge in [0.05, 0.1) is 10.5 Å². The normalized spacial score (nSPS) is 23.7. The molecular formula is C12H14FNO3S. The predicted molar refractivity (Wildman–Crippen MR) is 62.8 cm³/mol. The summed E-state index contributed by atoms with van der Waals surface area (Å²) in [5.74, 6) is -0.342. The highest BCUT2D eigenvalue weighted by molar-refractivity contribution is 7.89. The highest BCUT2D eigenvalue weighted by Gasteiger charge is 2.55. The minimum atomic E-state index is -3.67. The molecule has 1 N–H and O–H groups in total. The van der Waals surface area contributed by atoms with E-state index >= 15 is 0 Å². The molecule has 0 aromatic heterocycles. The Balaban J connectivity index is 1.80. The molecule has 4 nitrogen and oxygen atoms in total. The molecule has 1 aliphatic heterocycles. The minimum absolute atomic E-state index is 0.0552. The van der Waals surface area contributed by atoms with Gasteiger partial charge in [-0.3, -0.25) is 0 Å². The highest BCUT2D eigenvalue weighted by atomic mass is 32.2. The lowest BCUT2D eigenvalue weighted by Crippen LogP contribution is -2.64. The van der Waals surface area contributed by atoms with Gasteiger partial charge in [-0.15, -0.1) is 0 Å². The van der Waals surface area contributed by atoms with E-state index in [1.165, 1.54) is 22.5 Å². The van der Waals surface area contributed by atoms with E-state index in [4.69, 9.17) is 0 Å². The maximum Gasteiger partial charge on any atom is 0.243 e. The van der Waals surface area contributed by atoms with Gasteiger partial charge in [-0.05, 0) is 37.0 Å². The first-order valence-corrected chi connectivity index (χ1v) is 7.34. The molecule has 1 aromatic carbocycles. The van der Waals surface area contributed by atoms with Crippen LogP contribution in [0, 0.1) is 11.7 Å². The number of benzene rings is 1. The molecule has 1 aromatic rings. The van der Waals surface area contributed by atoms with Gasteiger partial charge in [0.25, 0.3) is 0 Å². The number of hydrogen-bond acceptors (Lipinski definition) is 3. The predicted octanol–water partition coefficient (Wildman–Crippen LogP) is 0.971. The summed E-state index contributed by atoms with van der Waals surface area (Å²) in [6.07, 6.45) is 1.93. The van der Waals surface area contributed by atoms with Gasteiger partial charge >= 0.3 is 0 Å². The number of halogens is 1. The molecule has 1 heterocycles. The smallest absolute Gasteiger partial charge is 0.243 e. The molecule has 0 unspecified atom stereocenters. The summed E-state index contributed by atoms with van der Waals surface area (Å²) >= 11 is 0. The summed E-state index contributed by atoms with van der Waals surface area (Å²) in [5.41, 5.74) is -0.861. The van der Waals surface area contributed by atoms with Crippen molar-refractivity contribution in [2.75, 3.05) is 13.1 Å². The SMILES string of the molecule is O=S(=O)(c1cccc(F)c1)N1CC(O)(C2CC2)C1. The molecule has 0 atom stereocenters. The fourth-order valence-electron chi connectivity index (χ4n) is 2.39. The maximum absolute atomic E-state index is 13.0. The van der Waals surface area contributed by atoms with Crippen molar-refractivity contribution >= 4 is 10.0 Å². The van der Waals surface area contributed by atoms with Crippen LogP contribution >= 0.6 is 0 Å². The maximum atomic E-state index is 13.0. The second-order valence-corrected chi connectivity index (χ2v) is 7.05. The second-order valence-electron chi connectivity index (χ2n) is 5.11. The van der Waals surface area contributed by atoms with E-state index in [0.29, 0.717) is 0 Å². The molecule has 0 amide bonds. The molecule has 2 aliphatic rings. The average molecular weight is 271 g/mol. The molecular weight excluding hydrogens is 257 g/mol. The van der Waals surface area contributed by atoms with Gasteiger partial charge in [-0.2, -0.15) is 4.31 Å². The quantitative estimate of drug-likeness (QED) is 0.891. The van der Waals surface area contributed by atoms with Gasteiger partial charge in [0.15, 0.2) is 0 Å². The Hall–Kier alpha value is -0.980. The molecule has 18 heavy (non-hydrogen) atoms. The van der Waals surface area contributed by atoms with Crippen molar-refractivity contribution in [2.24, 2.45) is 5.92 Å². The van der Waals surface area contributed by atoms with Gasteiger partial charge in [-0.1, -0.05) is 6.07 Å². The molecule has 1 saturated heterocycles. The van der Waals surface area contributed by atoms with Crippen LogP contribution in [0.25, 0.3) is 0 Å². The number of β-amino-alcohol motifs (C(OH)–C–C–N with tert-alkyl or cyclic N) is 1. The van der Waals surface area contributed by atoms with E-state index in [2.05, 4.69) is 0 Å². The summed E-state index contributed by atoms with van der Waals surface area (Å²) in [4.78, 5) is -0.0552. The third-order valence-corrected chi connectivity index (χ3v) is 5.46. The summed E-state index contributed by atoms with van der Waals surface area (Å²) < 4.78 is 38.5. The van der Waals surface area contributed by atoms with Crippen LogP contribution in [-0.4, -0.2) is 36.5 Å². The molecule has 0 radical (unpaired) electrons. The van der Waals surface area contributed by atoms with Gasteiger partial charge in [-0.25, -0.2) is 12.8 Å². The number of nitrogens with zero attached hydrogens (tertiary/aromatic N) is 1. The summed E-state index contributed by atoms with van der Waals surface area (Å²) in [5, 5.41) is 10.1. The average Bonchev–Trinajstić information content (AvgIpc) is 3.08. The Kier molecular flexibility index (Phi) is 2.52. The summed E-state index contributed by atoms with van der Waals surface area (Å²) in [6.45, 7) is 0.243. The number of rotatable bonds is 3. The zero-order valence-corrected chi connectivity index (χ0v) is 10.5. The molecule has 1 aliphatic carbocycles. The van der Waals surface area contributed by atoms with Crippen molar-refractivity contribution in [1.29, 1.82) is 0 Å². The standard InChI is InChI=1S/C12H14FNO3S/c13-10-2-1-3-11(6-10)18(16,17)14-7-12(15,8-14)9-4-5-9/h1-3,6,9,15H,4-5,7-8H2. The molecule has 0 bridgehead atoms. The first-order valence-electron chi connectivity index (χ1n) is 5.90. The van der Waals surface area contributed by atoms with Crippen molar-refractivity contribution in [2.45, 2.75) is 23.3 Å². The van der Waals surface area contributed by atoms with Crippen molar-refractivity contribution < 1.29 is 17.9 Å². The molecule has 6 heteroatoms. The van der Waals surface area contributed by atoms with E-state index in [-0.39, 0.29) is 23.9 Å². The summed E-state index contributed by atoms with van der Waals surface area (Å²) in [7, 11) is -3.67. The van der Waals surface area contributed by atoms with Gasteiger partial charge in [0, 0.05) is 13.1 Å². The molecule has 98 valence electrons. The second kappa shape index (κ2) is 3.76. The first kappa shape index (κ1) is 12.1. The highest BCUT2D eigenvalue weighted by Crippen LogP contribution is 2.45. The number of sulfonamides is 1. The van der Waals surface area contributed by atoms with E-state index in [9.17, 15) is 17.9 Å². The lowest BCUT2D eigenvalue weighted by molar-refractivity contribution is -0.0764. The lowest BCUT2D eigenvalue weighted by atomic mass is 9.91. The van der Waals surface area contributed by atoms with Gasteiger partial charge in [0.1, 0.15) is 5.82 Å². The Bertz CT molecular complexity index is 577. The van der Waals surface area contributed by atoms with Gasteiger partial charge < -0.3 is 5.11 Å². The van der Waals surface area contributed by atoms with Crippen LogP contribution in [0.15, 0.2) is 29.2 Å². The third kappa shape index (κ3) is 1.84. The van der Waals surface area contributed by atoms with Crippen molar-refractivity contribution in [3.63, 3.8) is 0 Å². The van der Waals surface area contributed by atoms with Crippen molar-refractivity contribution in [3.8, 4) is 0 Å². The monoisotopic (exact) mass is 271 g/mol. The zero-order valence-electron chi connectivity index (χ0n) is 9.71. The lowest BCUT2D eigenvalue weighted by Gasteiger charge is -2.45. The van der Waals surface area contributed by atoms with E-state index in [0.717, 1.165) is 18.9 Å². The van der Waals surface area contributed by atoms with Gasteiger partial charge in [0.2, 0.25) is 10.0 Å². The minimum Gasteiger partial charge on any atom is -0.387 e. The van der Waals surface area contributed by atoms with Crippen LogP contribution in [-0.2, 0) is 10.0 Å². The summed E-state index contributed by atoms with van der Waals surface area (Å²) in [6, 6.07) is 4.95. The zero-order chi connectivity index (χ0) is 13.0. The fraction of sp³-hybridized carbons (Fsp3) is 0.500. The van der Waals surface area contributed by atoms with E-state index in [1.807, 2.05) is 0 Å². The van der Waals surface area contributed by atoms with Crippen LogP contribution in [0.1, 0.15) is 12.8 Å². The molecule has 3 rings (SSSR count). The third-order valence-electron chi connectivity index (χ3n) is 3.67. The Labute approximate surface area is 105 Å². The topological polar surface area (TPSA) is 57.6 Å². The van der Waals surface area contributed by atoms with Crippen LogP contribution in [0.3, 0.4) is 0 Å². The Morgan fingerprint density at radius 3 is 2.56 bits per heavy atom. The largest absolute Gasteiger partial charge is 0.387 e. The van der Waals surface area contributed by atoms with Crippen LogP contribution in [0.2, 0.25) is 0 Å². The number of hydrogen-bond donors (Lipinski definition) is 1. The van der Waals surface area contributed by atoms with E-state index in [1.54, 1.807) is 0 Å². The molecule has 2 fully saturated rings. The van der Waals surface area contributed by atoms with Crippen molar-refractivity contribution in [3.05, 3.63) is 30.1 Å².